The van der Waals surface area contributed by atoms with E-state index in [9.17, 15) is 13.2 Å². The third-order valence-corrected chi connectivity index (χ3v) is 7.08. The first-order chi connectivity index (χ1) is 14.8. The number of nitrogens with one attached hydrogen (secondary N) is 1. The van der Waals surface area contributed by atoms with Crippen molar-refractivity contribution in [2.75, 3.05) is 26.8 Å². The Morgan fingerprint density at radius 1 is 1.23 bits per heavy atom. The molecule has 0 bridgehead atoms. The Morgan fingerprint density at radius 3 is 2.61 bits per heavy atom. The summed E-state index contributed by atoms with van der Waals surface area (Å²) >= 11 is 0. The first kappa shape index (κ1) is 23.2. The molecule has 1 fully saturated rings. The molecule has 1 N–H and O–H groups in total. The van der Waals surface area contributed by atoms with Crippen LogP contribution < -0.4 is 10.1 Å². The first-order valence-corrected chi connectivity index (χ1v) is 11.9. The Labute approximate surface area is 184 Å². The molecule has 1 aliphatic rings. The molecule has 2 aromatic carbocycles. The summed E-state index contributed by atoms with van der Waals surface area (Å²) in [6.07, 6.45) is 2.00. The quantitative estimate of drug-likeness (QED) is 0.640. The summed E-state index contributed by atoms with van der Waals surface area (Å²) in [6.45, 7) is 5.48. The van der Waals surface area contributed by atoms with E-state index in [1.807, 2.05) is 13.8 Å². The van der Waals surface area contributed by atoms with Gasteiger partial charge in [0.15, 0.2) is 0 Å². The Kier molecular flexibility index (Phi) is 7.69. The Hall–Kier alpha value is -2.42. The van der Waals surface area contributed by atoms with Crippen LogP contribution in [0, 0.1) is 6.92 Å². The van der Waals surface area contributed by atoms with Gasteiger partial charge in [0.2, 0.25) is 10.0 Å². The van der Waals surface area contributed by atoms with Crippen molar-refractivity contribution in [2.45, 2.75) is 44.2 Å². The Morgan fingerprint density at radius 2 is 1.97 bits per heavy atom. The van der Waals surface area contributed by atoms with Crippen molar-refractivity contribution in [3.05, 3.63) is 59.2 Å². The summed E-state index contributed by atoms with van der Waals surface area (Å²) in [4.78, 5) is 12.8. The third-order valence-electron chi connectivity index (χ3n) is 5.26. The molecule has 7 nitrogen and oxygen atoms in total. The number of carbonyl (C=O) groups is 1. The standard InChI is InChI=1S/C23H30N2O5S/c1-4-29-22-12-9-18(23(26)24-15-20-6-5-13-30-20)14-19(22)16-25(3)31(27,28)21-10-7-17(2)8-11-21/h7-12,14,20H,4-6,13,15-16H2,1-3H3,(H,24,26). The Balaban J connectivity index is 1.78. The largest absolute Gasteiger partial charge is 0.494 e. The van der Waals surface area contributed by atoms with E-state index in [-0.39, 0.29) is 23.5 Å². The lowest BCUT2D eigenvalue weighted by Gasteiger charge is -2.20. The minimum Gasteiger partial charge on any atom is -0.494 e. The van der Waals surface area contributed by atoms with Gasteiger partial charge in [-0.3, -0.25) is 4.79 Å². The molecule has 31 heavy (non-hydrogen) atoms. The van der Waals surface area contributed by atoms with Crippen LogP contribution in [-0.2, 0) is 21.3 Å². The van der Waals surface area contributed by atoms with Crippen molar-refractivity contribution in [1.82, 2.24) is 9.62 Å². The second-order valence-electron chi connectivity index (χ2n) is 7.67. The zero-order valence-electron chi connectivity index (χ0n) is 18.3. The molecular weight excluding hydrogens is 416 g/mol. The van der Waals surface area contributed by atoms with Gasteiger partial charge in [-0.15, -0.1) is 0 Å². The van der Waals surface area contributed by atoms with Gasteiger partial charge in [-0.1, -0.05) is 17.7 Å². The molecule has 1 atom stereocenters. The van der Waals surface area contributed by atoms with E-state index < -0.39 is 10.0 Å². The van der Waals surface area contributed by atoms with Crippen LogP contribution in [0.5, 0.6) is 5.75 Å². The van der Waals surface area contributed by atoms with Crippen LogP contribution in [0.3, 0.4) is 0 Å². The second kappa shape index (κ2) is 10.3. The molecule has 0 aliphatic carbocycles. The van der Waals surface area contributed by atoms with Crippen LogP contribution >= 0.6 is 0 Å². The van der Waals surface area contributed by atoms with Gasteiger partial charge in [0, 0.05) is 37.9 Å². The number of carbonyl (C=O) groups excluding carboxylic acids is 1. The molecule has 0 aromatic heterocycles. The normalized spacial score (nSPS) is 16.5. The number of rotatable bonds is 9. The molecule has 1 amide bonds. The number of hydrogen-bond donors (Lipinski definition) is 1. The van der Waals surface area contributed by atoms with Crippen molar-refractivity contribution >= 4 is 15.9 Å². The SMILES string of the molecule is CCOc1ccc(C(=O)NCC2CCCO2)cc1CN(C)S(=O)(=O)c1ccc(C)cc1. The molecule has 168 valence electrons. The van der Waals surface area contributed by atoms with Gasteiger partial charge < -0.3 is 14.8 Å². The monoisotopic (exact) mass is 446 g/mol. The van der Waals surface area contributed by atoms with E-state index in [1.165, 1.54) is 11.4 Å². The topological polar surface area (TPSA) is 84.9 Å². The van der Waals surface area contributed by atoms with Gasteiger partial charge in [-0.25, -0.2) is 8.42 Å². The van der Waals surface area contributed by atoms with E-state index in [2.05, 4.69) is 5.32 Å². The molecular formula is C23H30N2O5S. The molecule has 1 heterocycles. The van der Waals surface area contributed by atoms with Crippen molar-refractivity contribution in [1.29, 1.82) is 0 Å². The lowest BCUT2D eigenvalue weighted by atomic mass is 10.1. The summed E-state index contributed by atoms with van der Waals surface area (Å²) in [5.41, 5.74) is 2.07. The van der Waals surface area contributed by atoms with E-state index >= 15 is 0 Å². The predicted molar refractivity (Wildman–Crippen MR) is 119 cm³/mol. The number of ether oxygens (including phenoxy) is 2. The average molecular weight is 447 g/mol. The van der Waals surface area contributed by atoms with E-state index in [4.69, 9.17) is 9.47 Å². The van der Waals surface area contributed by atoms with Crippen molar-refractivity contribution in [2.24, 2.45) is 0 Å². The Bertz CT molecular complexity index is 999. The average Bonchev–Trinajstić information content (AvgIpc) is 3.27. The highest BCUT2D eigenvalue weighted by Crippen LogP contribution is 2.25. The van der Waals surface area contributed by atoms with Crippen LogP contribution in [0.15, 0.2) is 47.4 Å². The van der Waals surface area contributed by atoms with Crippen molar-refractivity contribution < 1.29 is 22.7 Å². The maximum atomic E-state index is 13.0. The number of benzene rings is 2. The van der Waals surface area contributed by atoms with Gasteiger partial charge in [0.25, 0.3) is 5.91 Å². The fourth-order valence-corrected chi connectivity index (χ4v) is 4.62. The summed E-state index contributed by atoms with van der Waals surface area (Å²) in [7, 11) is -2.16. The highest BCUT2D eigenvalue weighted by Gasteiger charge is 2.23. The smallest absolute Gasteiger partial charge is 0.251 e. The van der Waals surface area contributed by atoms with Crippen LogP contribution in [-0.4, -0.2) is 51.5 Å². The molecule has 0 saturated carbocycles. The van der Waals surface area contributed by atoms with Crippen LogP contribution in [0.1, 0.15) is 41.3 Å². The number of sulfonamides is 1. The molecule has 8 heteroatoms. The van der Waals surface area contributed by atoms with E-state index in [1.54, 1.807) is 42.5 Å². The number of nitrogens with zero attached hydrogens (tertiary/aromatic N) is 1. The zero-order valence-corrected chi connectivity index (χ0v) is 19.1. The maximum Gasteiger partial charge on any atom is 0.251 e. The van der Waals surface area contributed by atoms with Gasteiger partial charge in [0.1, 0.15) is 5.75 Å². The maximum absolute atomic E-state index is 13.0. The molecule has 3 rings (SSSR count). The van der Waals surface area contributed by atoms with Crippen LogP contribution in [0.2, 0.25) is 0 Å². The number of hydrogen-bond acceptors (Lipinski definition) is 5. The lowest BCUT2D eigenvalue weighted by Crippen LogP contribution is -2.32. The summed E-state index contributed by atoms with van der Waals surface area (Å²) < 4.78 is 38.4. The van der Waals surface area contributed by atoms with Gasteiger partial charge >= 0.3 is 0 Å². The predicted octanol–water partition coefficient (Wildman–Crippen LogP) is 3.12. The molecule has 1 unspecified atom stereocenters. The van der Waals surface area contributed by atoms with Crippen LogP contribution in [0.4, 0.5) is 0 Å². The number of amides is 1. The molecule has 1 saturated heterocycles. The van der Waals surface area contributed by atoms with Crippen LogP contribution in [0.25, 0.3) is 0 Å². The molecule has 2 aromatic rings. The fourth-order valence-electron chi connectivity index (χ4n) is 3.47. The van der Waals surface area contributed by atoms with Crippen molar-refractivity contribution in [3.8, 4) is 5.75 Å². The second-order valence-corrected chi connectivity index (χ2v) is 9.72. The number of aryl methyl sites for hydroxylation is 1. The molecule has 0 spiro atoms. The molecule has 0 radical (unpaired) electrons. The van der Waals surface area contributed by atoms with E-state index in [0.717, 1.165) is 25.0 Å². The highest BCUT2D eigenvalue weighted by atomic mass is 32.2. The first-order valence-electron chi connectivity index (χ1n) is 10.5. The van der Waals surface area contributed by atoms with Gasteiger partial charge in [-0.05, 0) is 57.0 Å². The van der Waals surface area contributed by atoms with E-state index in [0.29, 0.717) is 30.0 Å². The lowest BCUT2D eigenvalue weighted by molar-refractivity contribution is 0.0857. The molecule has 1 aliphatic heterocycles. The zero-order chi connectivity index (χ0) is 22.4. The van der Waals surface area contributed by atoms with Crippen molar-refractivity contribution in [3.63, 3.8) is 0 Å². The van der Waals surface area contributed by atoms with Gasteiger partial charge in [-0.2, -0.15) is 4.31 Å². The van der Waals surface area contributed by atoms with Gasteiger partial charge in [0.05, 0.1) is 17.6 Å². The summed E-state index contributed by atoms with van der Waals surface area (Å²) in [5.74, 6) is 0.341. The third kappa shape index (κ3) is 5.84. The highest BCUT2D eigenvalue weighted by molar-refractivity contribution is 7.89. The minimum atomic E-state index is -3.68. The fraction of sp³-hybridized carbons (Fsp3) is 0.435. The summed E-state index contributed by atoms with van der Waals surface area (Å²) in [5, 5.41) is 2.90. The minimum absolute atomic E-state index is 0.0527. The summed E-state index contributed by atoms with van der Waals surface area (Å²) in [6, 6.07) is 11.8.